The average Bonchev–Trinajstić information content (AvgIpc) is 3.00. The number of nitrogens with one attached hydrogen (secondary N) is 1. The normalized spacial score (nSPS) is 14.3. The Kier molecular flexibility index (Phi) is 5.52. The Bertz CT molecular complexity index is 920. The van der Waals surface area contributed by atoms with Gasteiger partial charge in [0.15, 0.2) is 5.13 Å². The van der Waals surface area contributed by atoms with Gasteiger partial charge in [0.05, 0.1) is 17.8 Å². The second kappa shape index (κ2) is 7.62. The largest absolute Gasteiger partial charge is 0.444 e. The lowest BCUT2D eigenvalue weighted by Gasteiger charge is -2.29. The van der Waals surface area contributed by atoms with Gasteiger partial charge < -0.3 is 9.64 Å². The molecule has 0 radical (unpaired) electrons. The van der Waals surface area contributed by atoms with Crippen LogP contribution in [0.4, 0.5) is 23.1 Å². The van der Waals surface area contributed by atoms with E-state index in [1.165, 1.54) is 11.3 Å². The lowest BCUT2D eigenvalue weighted by atomic mass is 10.2. The van der Waals surface area contributed by atoms with E-state index >= 15 is 0 Å². The summed E-state index contributed by atoms with van der Waals surface area (Å²) in [7, 11) is 0. The zero-order chi connectivity index (χ0) is 21.4. The lowest BCUT2D eigenvalue weighted by Crippen LogP contribution is -2.39. The van der Waals surface area contributed by atoms with Gasteiger partial charge in [0.2, 0.25) is 0 Å². The summed E-state index contributed by atoms with van der Waals surface area (Å²) in [6.07, 6.45) is -3.60. The maximum Gasteiger partial charge on any atom is 0.433 e. The number of halogens is 3. The van der Waals surface area contributed by atoms with Crippen LogP contribution in [0.15, 0.2) is 18.3 Å². The number of thiazole rings is 1. The van der Waals surface area contributed by atoms with E-state index in [0.717, 1.165) is 28.9 Å². The highest BCUT2D eigenvalue weighted by Gasteiger charge is 2.32. The van der Waals surface area contributed by atoms with Gasteiger partial charge in [0.25, 0.3) is 5.91 Å². The van der Waals surface area contributed by atoms with Crippen molar-refractivity contribution in [1.82, 2.24) is 14.9 Å². The van der Waals surface area contributed by atoms with E-state index in [0.29, 0.717) is 24.6 Å². The summed E-state index contributed by atoms with van der Waals surface area (Å²) in [5.74, 6) is -0.610. The summed E-state index contributed by atoms with van der Waals surface area (Å²) >= 11 is 1.21. The topological polar surface area (TPSA) is 84.4 Å². The van der Waals surface area contributed by atoms with E-state index in [4.69, 9.17) is 4.74 Å². The number of rotatable bonds is 2. The Morgan fingerprint density at radius 3 is 2.55 bits per heavy atom. The molecule has 2 aromatic heterocycles. The summed E-state index contributed by atoms with van der Waals surface area (Å²) in [6, 6.07) is 1.81. The molecule has 0 atom stereocenters. The number of pyridine rings is 1. The van der Waals surface area contributed by atoms with Crippen LogP contribution in [0, 0.1) is 0 Å². The van der Waals surface area contributed by atoms with E-state index in [9.17, 15) is 22.8 Å². The third-order valence-corrected chi connectivity index (χ3v) is 4.92. The molecule has 11 heteroatoms. The minimum absolute atomic E-state index is 0.0125. The highest BCUT2D eigenvalue weighted by Crippen LogP contribution is 2.30. The molecule has 2 amide bonds. The van der Waals surface area contributed by atoms with E-state index in [2.05, 4.69) is 15.3 Å². The summed E-state index contributed by atoms with van der Waals surface area (Å²) < 4.78 is 43.1. The molecule has 7 nitrogen and oxygen atoms in total. The fraction of sp³-hybridized carbons (Fsp3) is 0.444. The quantitative estimate of drug-likeness (QED) is 0.779. The number of carbonyl (C=O) groups is 2. The van der Waals surface area contributed by atoms with Gasteiger partial charge in [-0.2, -0.15) is 13.2 Å². The SMILES string of the molecule is CC(C)(C)OC(=O)N1CCc2nc(NC(=O)c3ccc(C(F)(F)F)nc3)sc2C1. The zero-order valence-electron chi connectivity index (χ0n) is 16.0. The molecule has 0 bridgehead atoms. The van der Waals surface area contributed by atoms with Crippen LogP contribution in [0.5, 0.6) is 0 Å². The number of hydrogen-bond donors (Lipinski definition) is 1. The van der Waals surface area contributed by atoms with Crippen LogP contribution >= 0.6 is 11.3 Å². The molecule has 3 rings (SSSR count). The summed E-state index contributed by atoms with van der Waals surface area (Å²) in [5.41, 5.74) is -0.905. The van der Waals surface area contributed by atoms with Crippen molar-refractivity contribution in [3.8, 4) is 0 Å². The Morgan fingerprint density at radius 1 is 1.24 bits per heavy atom. The van der Waals surface area contributed by atoms with E-state index < -0.39 is 29.5 Å². The fourth-order valence-corrected chi connectivity index (χ4v) is 3.62. The molecular formula is C18H19F3N4O3S. The first-order valence-electron chi connectivity index (χ1n) is 8.73. The molecule has 0 fully saturated rings. The molecule has 1 aliphatic rings. The second-order valence-electron chi connectivity index (χ2n) is 7.42. The summed E-state index contributed by atoms with van der Waals surface area (Å²) in [5, 5.41) is 2.88. The molecule has 0 unspecified atom stereocenters. The standard InChI is InChI=1S/C18H19F3N4O3S/c1-17(2,3)28-16(27)25-7-6-11-12(9-25)29-15(23-11)24-14(26)10-4-5-13(22-8-10)18(19,20)21/h4-5,8H,6-7,9H2,1-3H3,(H,23,24,26). The van der Waals surface area contributed by atoms with Crippen LogP contribution < -0.4 is 5.32 Å². The van der Waals surface area contributed by atoms with Crippen LogP contribution in [-0.4, -0.2) is 39.0 Å². The van der Waals surface area contributed by atoms with Gasteiger partial charge in [-0.05, 0) is 32.9 Å². The smallest absolute Gasteiger partial charge is 0.433 e. The number of alkyl halides is 3. The van der Waals surface area contributed by atoms with Gasteiger partial charge in [-0.3, -0.25) is 15.1 Å². The zero-order valence-corrected chi connectivity index (χ0v) is 16.8. The monoisotopic (exact) mass is 428 g/mol. The van der Waals surface area contributed by atoms with Gasteiger partial charge in [0.1, 0.15) is 11.3 Å². The number of nitrogens with zero attached hydrogens (tertiary/aromatic N) is 3. The van der Waals surface area contributed by atoms with Crippen LogP contribution in [0.1, 0.15) is 47.4 Å². The third kappa shape index (κ3) is 5.22. The Balaban J connectivity index is 1.66. The van der Waals surface area contributed by atoms with Gasteiger partial charge >= 0.3 is 12.3 Å². The Morgan fingerprint density at radius 2 is 1.97 bits per heavy atom. The first-order chi connectivity index (χ1) is 13.4. The number of ether oxygens (including phenoxy) is 1. The molecule has 1 aliphatic heterocycles. The maximum atomic E-state index is 12.6. The molecule has 2 aromatic rings. The highest BCUT2D eigenvalue weighted by atomic mass is 32.1. The van der Waals surface area contributed by atoms with Crippen LogP contribution in [0.3, 0.4) is 0 Å². The molecule has 3 heterocycles. The minimum atomic E-state index is -4.57. The Hall–Kier alpha value is -2.69. The number of carbonyl (C=O) groups excluding carboxylic acids is 2. The molecule has 0 saturated carbocycles. The van der Waals surface area contributed by atoms with E-state index in [-0.39, 0.29) is 5.56 Å². The van der Waals surface area contributed by atoms with Gasteiger partial charge in [-0.25, -0.2) is 9.78 Å². The van der Waals surface area contributed by atoms with E-state index in [1.807, 2.05) is 0 Å². The van der Waals surface area contributed by atoms with Gasteiger partial charge in [-0.1, -0.05) is 11.3 Å². The number of aromatic nitrogens is 2. The molecule has 156 valence electrons. The fourth-order valence-electron chi connectivity index (χ4n) is 2.60. The second-order valence-corrected chi connectivity index (χ2v) is 8.51. The minimum Gasteiger partial charge on any atom is -0.444 e. The predicted octanol–water partition coefficient (Wildman–Crippen LogP) is 4.10. The molecular weight excluding hydrogens is 409 g/mol. The van der Waals surface area contributed by atoms with Gasteiger partial charge in [-0.15, -0.1) is 0 Å². The van der Waals surface area contributed by atoms with Crippen molar-refractivity contribution in [3.63, 3.8) is 0 Å². The number of hydrogen-bond acceptors (Lipinski definition) is 6. The molecule has 0 aliphatic carbocycles. The summed E-state index contributed by atoms with van der Waals surface area (Å²) in [6.45, 7) is 6.13. The Labute approximate surface area is 168 Å². The van der Waals surface area contributed by atoms with Crippen LogP contribution in [0.2, 0.25) is 0 Å². The van der Waals surface area contributed by atoms with Crippen LogP contribution in [-0.2, 0) is 23.9 Å². The maximum absolute atomic E-state index is 12.6. The lowest BCUT2D eigenvalue weighted by molar-refractivity contribution is -0.141. The van der Waals surface area contributed by atoms with Crippen molar-refractivity contribution in [3.05, 3.63) is 40.2 Å². The number of anilines is 1. The molecule has 0 spiro atoms. The van der Waals surface area contributed by atoms with Crippen molar-refractivity contribution in [2.75, 3.05) is 11.9 Å². The van der Waals surface area contributed by atoms with Crippen molar-refractivity contribution in [2.45, 2.75) is 45.5 Å². The van der Waals surface area contributed by atoms with Crippen molar-refractivity contribution >= 4 is 28.5 Å². The molecule has 1 N–H and O–H groups in total. The molecule has 29 heavy (non-hydrogen) atoms. The third-order valence-electron chi connectivity index (χ3n) is 3.92. The first kappa shape index (κ1) is 21.0. The van der Waals surface area contributed by atoms with Crippen molar-refractivity contribution in [2.24, 2.45) is 0 Å². The van der Waals surface area contributed by atoms with Crippen molar-refractivity contribution in [1.29, 1.82) is 0 Å². The average molecular weight is 428 g/mol. The highest BCUT2D eigenvalue weighted by molar-refractivity contribution is 7.15. The number of amides is 2. The predicted molar refractivity (Wildman–Crippen MR) is 99.7 cm³/mol. The van der Waals surface area contributed by atoms with Crippen molar-refractivity contribution < 1.29 is 27.5 Å². The van der Waals surface area contributed by atoms with E-state index in [1.54, 1.807) is 25.7 Å². The number of fused-ring (bicyclic) bond motifs is 1. The summed E-state index contributed by atoms with van der Waals surface area (Å²) in [4.78, 5) is 34.5. The first-order valence-corrected chi connectivity index (χ1v) is 9.55. The molecule has 0 saturated heterocycles. The van der Waals surface area contributed by atoms with Crippen LogP contribution in [0.25, 0.3) is 0 Å². The van der Waals surface area contributed by atoms with Gasteiger partial charge in [0, 0.05) is 24.0 Å². The molecule has 0 aromatic carbocycles.